The third-order valence-corrected chi connectivity index (χ3v) is 5.04. The van der Waals surface area contributed by atoms with Crippen molar-refractivity contribution in [2.45, 2.75) is 37.6 Å². The van der Waals surface area contributed by atoms with E-state index < -0.39 is 0 Å². The van der Waals surface area contributed by atoms with E-state index in [0.717, 1.165) is 10.5 Å². The molecule has 0 aliphatic heterocycles. The number of rotatable bonds is 7. The van der Waals surface area contributed by atoms with E-state index in [4.69, 9.17) is 9.47 Å². The van der Waals surface area contributed by atoms with Crippen LogP contribution in [0.5, 0.6) is 11.5 Å². The van der Waals surface area contributed by atoms with E-state index in [9.17, 15) is 4.79 Å². The predicted molar refractivity (Wildman–Crippen MR) is 107 cm³/mol. The van der Waals surface area contributed by atoms with Crippen LogP contribution in [0.4, 0.5) is 0 Å². The number of benzene rings is 2. The molecule has 1 N–H and O–H groups in total. The van der Waals surface area contributed by atoms with Crippen molar-refractivity contribution in [1.29, 1.82) is 0 Å². The zero-order valence-electron chi connectivity index (χ0n) is 16.1. The summed E-state index contributed by atoms with van der Waals surface area (Å²) in [5.74, 6) is 1.73. The van der Waals surface area contributed by atoms with Gasteiger partial charge < -0.3 is 14.8 Å². The Balaban J connectivity index is 1.84. The average molecular weight is 374 g/mol. The van der Waals surface area contributed by atoms with Gasteiger partial charge in [-0.2, -0.15) is 0 Å². The van der Waals surface area contributed by atoms with Crippen LogP contribution in [0.2, 0.25) is 0 Å². The number of carbonyl (C=O) groups is 1. The number of hydrogen-bond acceptors (Lipinski definition) is 4. The largest absolute Gasteiger partial charge is 0.493 e. The molecule has 0 aromatic heterocycles. The summed E-state index contributed by atoms with van der Waals surface area (Å²) >= 11 is 1.54. The van der Waals surface area contributed by atoms with Crippen LogP contribution in [0.3, 0.4) is 0 Å². The maximum atomic E-state index is 12.1. The zero-order valence-corrected chi connectivity index (χ0v) is 16.9. The highest BCUT2D eigenvalue weighted by Crippen LogP contribution is 2.28. The van der Waals surface area contributed by atoms with Gasteiger partial charge in [0, 0.05) is 11.4 Å². The first-order chi connectivity index (χ1) is 12.3. The predicted octanol–water partition coefficient (Wildman–Crippen LogP) is 4.41. The fourth-order valence-corrected chi connectivity index (χ4v) is 3.17. The molecule has 0 saturated heterocycles. The maximum absolute atomic E-state index is 12.1. The molecule has 5 heteroatoms. The lowest BCUT2D eigenvalue weighted by molar-refractivity contribution is -0.118. The molecule has 0 unspecified atom stereocenters. The SMILES string of the molecule is COc1ccc(CNC(=O)CSc2ccc(C(C)(C)C)cc2)cc1OC. The van der Waals surface area contributed by atoms with Gasteiger partial charge in [-0.05, 0) is 40.8 Å². The van der Waals surface area contributed by atoms with E-state index in [1.165, 1.54) is 17.3 Å². The fourth-order valence-electron chi connectivity index (χ4n) is 2.44. The van der Waals surface area contributed by atoms with Crippen molar-refractivity contribution in [3.05, 3.63) is 53.6 Å². The molecule has 2 rings (SSSR count). The van der Waals surface area contributed by atoms with Crippen LogP contribution < -0.4 is 14.8 Å². The summed E-state index contributed by atoms with van der Waals surface area (Å²) in [7, 11) is 3.20. The number of methoxy groups -OCH3 is 2. The summed E-state index contributed by atoms with van der Waals surface area (Å²) in [6.07, 6.45) is 0. The van der Waals surface area contributed by atoms with E-state index in [0.29, 0.717) is 23.8 Å². The number of nitrogens with one attached hydrogen (secondary N) is 1. The van der Waals surface area contributed by atoms with Crippen molar-refractivity contribution >= 4 is 17.7 Å². The highest BCUT2D eigenvalue weighted by atomic mass is 32.2. The molecule has 0 fully saturated rings. The Hall–Kier alpha value is -2.14. The standard InChI is InChI=1S/C21H27NO3S/c1-21(2,3)16-7-9-17(10-8-16)26-14-20(23)22-13-15-6-11-18(24-4)19(12-15)25-5/h6-12H,13-14H2,1-5H3,(H,22,23). The van der Waals surface area contributed by atoms with Crippen LogP contribution in [-0.2, 0) is 16.8 Å². The van der Waals surface area contributed by atoms with Crippen LogP contribution in [0.25, 0.3) is 0 Å². The maximum Gasteiger partial charge on any atom is 0.230 e. The van der Waals surface area contributed by atoms with Gasteiger partial charge >= 0.3 is 0 Å². The molecular weight excluding hydrogens is 346 g/mol. The van der Waals surface area contributed by atoms with Gasteiger partial charge in [0.25, 0.3) is 0 Å². The van der Waals surface area contributed by atoms with Gasteiger partial charge in [0.15, 0.2) is 11.5 Å². The Labute approximate surface area is 160 Å². The van der Waals surface area contributed by atoms with Crippen molar-refractivity contribution in [2.75, 3.05) is 20.0 Å². The highest BCUT2D eigenvalue weighted by molar-refractivity contribution is 8.00. The molecule has 2 aromatic carbocycles. The molecule has 0 saturated carbocycles. The monoisotopic (exact) mass is 373 g/mol. The minimum Gasteiger partial charge on any atom is -0.493 e. The Bertz CT molecular complexity index is 736. The summed E-state index contributed by atoms with van der Waals surface area (Å²) in [5.41, 5.74) is 2.40. The van der Waals surface area contributed by atoms with Crippen LogP contribution in [0, 0.1) is 0 Å². The molecule has 0 radical (unpaired) electrons. The number of amides is 1. The Morgan fingerprint density at radius 1 is 1.00 bits per heavy atom. The van der Waals surface area contributed by atoms with Gasteiger partial charge in [-0.3, -0.25) is 4.79 Å². The quantitative estimate of drug-likeness (QED) is 0.730. The molecule has 0 spiro atoms. The van der Waals surface area contributed by atoms with Crippen LogP contribution in [0.15, 0.2) is 47.4 Å². The molecule has 0 bridgehead atoms. The van der Waals surface area contributed by atoms with E-state index in [1.54, 1.807) is 14.2 Å². The van der Waals surface area contributed by atoms with E-state index in [2.05, 4.69) is 50.4 Å². The van der Waals surface area contributed by atoms with E-state index in [1.807, 2.05) is 18.2 Å². The van der Waals surface area contributed by atoms with Crippen molar-refractivity contribution in [3.63, 3.8) is 0 Å². The molecule has 4 nitrogen and oxygen atoms in total. The van der Waals surface area contributed by atoms with Crippen LogP contribution in [-0.4, -0.2) is 25.9 Å². The number of hydrogen-bond donors (Lipinski definition) is 1. The second-order valence-corrected chi connectivity index (χ2v) is 8.08. The Kier molecular flexibility index (Phi) is 6.98. The summed E-state index contributed by atoms with van der Waals surface area (Å²) in [6, 6.07) is 14.0. The van der Waals surface area contributed by atoms with Crippen molar-refractivity contribution in [1.82, 2.24) is 5.32 Å². The lowest BCUT2D eigenvalue weighted by atomic mass is 9.87. The van der Waals surface area contributed by atoms with Crippen LogP contribution >= 0.6 is 11.8 Å². The summed E-state index contributed by atoms with van der Waals surface area (Å²) in [4.78, 5) is 13.2. The third kappa shape index (κ3) is 5.70. The minimum absolute atomic E-state index is 0.00434. The first-order valence-corrected chi connectivity index (χ1v) is 9.53. The molecule has 0 aliphatic carbocycles. The van der Waals surface area contributed by atoms with Gasteiger partial charge in [-0.25, -0.2) is 0 Å². The van der Waals surface area contributed by atoms with Gasteiger partial charge in [0.05, 0.1) is 20.0 Å². The number of thioether (sulfide) groups is 1. The summed E-state index contributed by atoms with van der Waals surface area (Å²) in [6.45, 7) is 7.03. The molecule has 26 heavy (non-hydrogen) atoms. The smallest absolute Gasteiger partial charge is 0.230 e. The van der Waals surface area contributed by atoms with Gasteiger partial charge in [-0.15, -0.1) is 11.8 Å². The highest BCUT2D eigenvalue weighted by Gasteiger charge is 2.13. The molecule has 0 atom stereocenters. The van der Waals surface area contributed by atoms with Crippen LogP contribution in [0.1, 0.15) is 31.9 Å². The second-order valence-electron chi connectivity index (χ2n) is 7.03. The molecule has 2 aromatic rings. The van der Waals surface area contributed by atoms with Gasteiger partial charge in [0.2, 0.25) is 5.91 Å². The number of carbonyl (C=O) groups excluding carboxylic acids is 1. The zero-order chi connectivity index (χ0) is 19.2. The average Bonchev–Trinajstić information content (AvgIpc) is 2.64. The second kappa shape index (κ2) is 8.99. The van der Waals surface area contributed by atoms with Gasteiger partial charge in [0.1, 0.15) is 0 Å². The Morgan fingerprint density at radius 3 is 2.23 bits per heavy atom. The molecular formula is C21H27NO3S. The van der Waals surface area contributed by atoms with Crippen molar-refractivity contribution < 1.29 is 14.3 Å². The number of ether oxygens (including phenoxy) is 2. The van der Waals surface area contributed by atoms with E-state index >= 15 is 0 Å². The first-order valence-electron chi connectivity index (χ1n) is 8.54. The first kappa shape index (κ1) is 20.2. The molecule has 140 valence electrons. The minimum atomic E-state index is 0.00434. The Morgan fingerprint density at radius 2 is 1.65 bits per heavy atom. The lowest BCUT2D eigenvalue weighted by Crippen LogP contribution is -2.24. The molecule has 0 aliphatic rings. The normalized spacial score (nSPS) is 11.1. The topological polar surface area (TPSA) is 47.6 Å². The third-order valence-electron chi connectivity index (χ3n) is 4.03. The van der Waals surface area contributed by atoms with E-state index in [-0.39, 0.29) is 11.3 Å². The summed E-state index contributed by atoms with van der Waals surface area (Å²) < 4.78 is 10.5. The lowest BCUT2D eigenvalue weighted by Gasteiger charge is -2.19. The fraction of sp³-hybridized carbons (Fsp3) is 0.381. The van der Waals surface area contributed by atoms with Crippen molar-refractivity contribution in [3.8, 4) is 11.5 Å². The molecule has 1 amide bonds. The van der Waals surface area contributed by atoms with Crippen molar-refractivity contribution in [2.24, 2.45) is 0 Å². The summed E-state index contributed by atoms with van der Waals surface area (Å²) in [5, 5.41) is 2.94. The molecule has 0 heterocycles. The van der Waals surface area contributed by atoms with Gasteiger partial charge in [-0.1, -0.05) is 39.0 Å².